The lowest BCUT2D eigenvalue weighted by molar-refractivity contribution is -0.137. The molecule has 0 unspecified atom stereocenters. The second kappa shape index (κ2) is 6.82. The SMILES string of the molecule is O=C(O)C[C@@H]1C[C@H]1c1nc(CCCc2ccc3c(n2)NCCC3)no1. The molecule has 2 aromatic heterocycles. The molecule has 0 spiro atoms. The van der Waals surface area contributed by atoms with Gasteiger partial charge in [0.05, 0.1) is 0 Å². The van der Waals surface area contributed by atoms with Crippen molar-refractivity contribution in [1.82, 2.24) is 15.1 Å². The van der Waals surface area contributed by atoms with Crippen LogP contribution < -0.4 is 5.32 Å². The average Bonchev–Trinajstić information content (AvgIpc) is 3.19. The van der Waals surface area contributed by atoms with E-state index in [2.05, 4.69) is 27.6 Å². The molecule has 25 heavy (non-hydrogen) atoms. The number of hydrogen-bond acceptors (Lipinski definition) is 6. The second-order valence-corrected chi connectivity index (χ2v) is 6.94. The predicted molar refractivity (Wildman–Crippen MR) is 90.5 cm³/mol. The monoisotopic (exact) mass is 342 g/mol. The number of carboxylic acid groups (broad SMARTS) is 1. The first-order chi connectivity index (χ1) is 12.2. The number of pyridine rings is 1. The van der Waals surface area contributed by atoms with Crippen LogP contribution in [0.15, 0.2) is 16.7 Å². The van der Waals surface area contributed by atoms with Crippen molar-refractivity contribution in [2.75, 3.05) is 11.9 Å². The van der Waals surface area contributed by atoms with Gasteiger partial charge in [-0.3, -0.25) is 4.79 Å². The normalized spacial score (nSPS) is 21.4. The molecule has 4 rings (SSSR count). The number of aliphatic carboxylic acids is 1. The fourth-order valence-electron chi connectivity index (χ4n) is 3.46. The number of aryl methyl sites for hydroxylation is 3. The highest BCUT2D eigenvalue weighted by molar-refractivity contribution is 5.67. The van der Waals surface area contributed by atoms with Gasteiger partial charge in [-0.05, 0) is 49.7 Å². The molecule has 0 saturated heterocycles. The number of nitrogens with one attached hydrogen (secondary N) is 1. The highest BCUT2D eigenvalue weighted by atomic mass is 16.5. The van der Waals surface area contributed by atoms with Crippen molar-refractivity contribution in [3.05, 3.63) is 35.1 Å². The average molecular weight is 342 g/mol. The zero-order chi connectivity index (χ0) is 17.2. The van der Waals surface area contributed by atoms with E-state index in [1.54, 1.807) is 0 Å². The third kappa shape index (κ3) is 3.81. The zero-order valence-electron chi connectivity index (χ0n) is 14.1. The van der Waals surface area contributed by atoms with Gasteiger partial charge in [-0.2, -0.15) is 4.98 Å². The molecule has 0 radical (unpaired) electrons. The Kier molecular flexibility index (Phi) is 4.38. The summed E-state index contributed by atoms with van der Waals surface area (Å²) >= 11 is 0. The first kappa shape index (κ1) is 16.1. The van der Waals surface area contributed by atoms with Gasteiger partial charge in [-0.15, -0.1) is 0 Å². The summed E-state index contributed by atoms with van der Waals surface area (Å²) in [5.41, 5.74) is 2.39. The molecule has 132 valence electrons. The molecule has 2 aliphatic rings. The van der Waals surface area contributed by atoms with E-state index in [1.807, 2.05) is 0 Å². The van der Waals surface area contributed by atoms with Crippen molar-refractivity contribution in [1.29, 1.82) is 0 Å². The van der Waals surface area contributed by atoms with Crippen molar-refractivity contribution >= 4 is 11.8 Å². The Bertz CT molecular complexity index is 773. The van der Waals surface area contributed by atoms with Crippen LogP contribution >= 0.6 is 0 Å². The van der Waals surface area contributed by atoms with Gasteiger partial charge in [0, 0.05) is 31.0 Å². The van der Waals surface area contributed by atoms with Crippen molar-refractivity contribution in [2.24, 2.45) is 5.92 Å². The van der Waals surface area contributed by atoms with Crippen LogP contribution in [-0.4, -0.2) is 32.7 Å². The van der Waals surface area contributed by atoms with E-state index >= 15 is 0 Å². The zero-order valence-corrected chi connectivity index (χ0v) is 14.1. The molecule has 1 aliphatic carbocycles. The minimum absolute atomic E-state index is 0.130. The summed E-state index contributed by atoms with van der Waals surface area (Å²) in [5.74, 6) is 1.84. The molecule has 1 fully saturated rings. The highest BCUT2D eigenvalue weighted by Crippen LogP contribution is 2.48. The van der Waals surface area contributed by atoms with Crippen LogP contribution in [-0.2, 0) is 24.1 Å². The number of nitrogens with zero attached hydrogens (tertiary/aromatic N) is 3. The first-order valence-electron chi connectivity index (χ1n) is 8.96. The summed E-state index contributed by atoms with van der Waals surface area (Å²) in [6.07, 6.45) is 5.82. The number of hydrogen-bond donors (Lipinski definition) is 2. The number of rotatable bonds is 7. The van der Waals surface area contributed by atoms with E-state index in [-0.39, 0.29) is 18.3 Å². The van der Waals surface area contributed by atoms with E-state index in [0.717, 1.165) is 50.2 Å². The standard InChI is InChI=1S/C18H22N4O3/c23-16(24)10-12-9-14(12)18-21-15(22-25-18)5-1-4-13-7-6-11-3-2-8-19-17(11)20-13/h6-7,12,14H,1-5,8-10H2,(H,19,20)(H,23,24)/t12-,14+/m0/s1. The Morgan fingerprint density at radius 2 is 2.24 bits per heavy atom. The third-order valence-electron chi connectivity index (χ3n) is 4.95. The van der Waals surface area contributed by atoms with E-state index in [4.69, 9.17) is 14.6 Å². The van der Waals surface area contributed by atoms with Crippen LogP contribution in [0.2, 0.25) is 0 Å². The third-order valence-corrected chi connectivity index (χ3v) is 4.95. The Labute approximate surface area is 145 Å². The number of fused-ring (bicyclic) bond motifs is 1. The molecule has 7 heteroatoms. The maximum Gasteiger partial charge on any atom is 0.303 e. The smallest absolute Gasteiger partial charge is 0.303 e. The minimum atomic E-state index is -0.765. The van der Waals surface area contributed by atoms with Gasteiger partial charge < -0.3 is 14.9 Å². The molecule has 1 aliphatic heterocycles. The van der Waals surface area contributed by atoms with Crippen molar-refractivity contribution < 1.29 is 14.4 Å². The molecule has 1 saturated carbocycles. The summed E-state index contributed by atoms with van der Waals surface area (Å²) in [6, 6.07) is 4.28. The molecule has 0 bridgehead atoms. The molecule has 3 heterocycles. The van der Waals surface area contributed by atoms with Crippen LogP contribution in [0.1, 0.15) is 54.6 Å². The van der Waals surface area contributed by atoms with Gasteiger partial charge in [0.1, 0.15) is 5.82 Å². The summed E-state index contributed by atoms with van der Waals surface area (Å²) in [6.45, 7) is 0.999. The maximum atomic E-state index is 10.7. The summed E-state index contributed by atoms with van der Waals surface area (Å²) in [4.78, 5) is 19.8. The Hall–Kier alpha value is -2.44. The fraction of sp³-hybridized carbons (Fsp3) is 0.556. The summed E-state index contributed by atoms with van der Waals surface area (Å²) < 4.78 is 5.30. The van der Waals surface area contributed by atoms with E-state index in [1.165, 1.54) is 12.0 Å². The molecular weight excluding hydrogens is 320 g/mol. The quantitative estimate of drug-likeness (QED) is 0.797. The fourth-order valence-corrected chi connectivity index (χ4v) is 3.46. The summed E-state index contributed by atoms with van der Waals surface area (Å²) in [5, 5.41) is 16.2. The van der Waals surface area contributed by atoms with Gasteiger partial charge in [-0.25, -0.2) is 4.98 Å². The lowest BCUT2D eigenvalue weighted by Gasteiger charge is -2.17. The number of carboxylic acids is 1. The first-order valence-corrected chi connectivity index (χ1v) is 8.96. The van der Waals surface area contributed by atoms with Gasteiger partial charge in [0.2, 0.25) is 5.89 Å². The molecule has 0 aromatic carbocycles. The maximum absolute atomic E-state index is 10.7. The lowest BCUT2D eigenvalue weighted by Crippen LogP contribution is -2.14. The molecule has 7 nitrogen and oxygen atoms in total. The van der Waals surface area contributed by atoms with Crippen molar-refractivity contribution in [2.45, 2.75) is 50.9 Å². The van der Waals surface area contributed by atoms with Gasteiger partial charge in [-0.1, -0.05) is 11.2 Å². The van der Waals surface area contributed by atoms with E-state index in [0.29, 0.717) is 11.7 Å². The van der Waals surface area contributed by atoms with Crippen LogP contribution in [0.5, 0.6) is 0 Å². The van der Waals surface area contributed by atoms with Crippen LogP contribution in [0, 0.1) is 5.92 Å². The van der Waals surface area contributed by atoms with E-state index < -0.39 is 5.97 Å². The van der Waals surface area contributed by atoms with Crippen LogP contribution in [0.25, 0.3) is 0 Å². The van der Waals surface area contributed by atoms with Gasteiger partial charge in [0.25, 0.3) is 0 Å². The van der Waals surface area contributed by atoms with Gasteiger partial charge >= 0.3 is 5.97 Å². The second-order valence-electron chi connectivity index (χ2n) is 6.94. The topological polar surface area (TPSA) is 101 Å². The Balaban J connectivity index is 1.27. The Morgan fingerprint density at radius 1 is 1.32 bits per heavy atom. The van der Waals surface area contributed by atoms with Crippen molar-refractivity contribution in [3.8, 4) is 0 Å². The molecule has 0 amide bonds. The Morgan fingerprint density at radius 3 is 3.12 bits per heavy atom. The van der Waals surface area contributed by atoms with Crippen LogP contribution in [0.3, 0.4) is 0 Å². The lowest BCUT2D eigenvalue weighted by atomic mass is 10.1. The van der Waals surface area contributed by atoms with E-state index in [9.17, 15) is 4.79 Å². The van der Waals surface area contributed by atoms with Crippen LogP contribution in [0.4, 0.5) is 5.82 Å². The van der Waals surface area contributed by atoms with Gasteiger partial charge in [0.15, 0.2) is 5.82 Å². The predicted octanol–water partition coefficient (Wildman–Crippen LogP) is 2.58. The summed E-state index contributed by atoms with van der Waals surface area (Å²) in [7, 11) is 0. The minimum Gasteiger partial charge on any atom is -0.481 e. The highest BCUT2D eigenvalue weighted by Gasteiger charge is 2.43. The number of aromatic nitrogens is 3. The van der Waals surface area contributed by atoms with Crippen molar-refractivity contribution in [3.63, 3.8) is 0 Å². The molecule has 2 aromatic rings. The number of anilines is 1. The largest absolute Gasteiger partial charge is 0.481 e. The molecule has 2 N–H and O–H groups in total. The molecular formula is C18H22N4O3. The number of carbonyl (C=O) groups is 1. The molecule has 2 atom stereocenters.